The highest BCUT2D eigenvalue weighted by Crippen LogP contribution is 2.30. The fourth-order valence-corrected chi connectivity index (χ4v) is 2.34. The molecule has 2 heterocycles. The number of ketones is 1. The van der Waals surface area contributed by atoms with E-state index >= 15 is 0 Å². The minimum absolute atomic E-state index is 0.154. The standard InChI is InChI=1S/C15H14FN3O2/c1-9(2)19-6-5-11(17-19)8-18-13-7-10(16)3-4-12(13)14(20)15(18)21/h3-7,9H,8H2,1-2H3. The van der Waals surface area contributed by atoms with Crippen LogP contribution in [-0.4, -0.2) is 21.5 Å². The van der Waals surface area contributed by atoms with E-state index in [1.165, 1.54) is 23.1 Å². The van der Waals surface area contributed by atoms with Crippen LogP contribution >= 0.6 is 0 Å². The number of amides is 1. The molecule has 21 heavy (non-hydrogen) atoms. The number of anilines is 1. The quantitative estimate of drug-likeness (QED) is 0.814. The summed E-state index contributed by atoms with van der Waals surface area (Å²) in [5, 5.41) is 4.35. The Hall–Kier alpha value is -2.50. The van der Waals surface area contributed by atoms with Crippen LogP contribution in [0.1, 0.15) is 35.9 Å². The summed E-state index contributed by atoms with van der Waals surface area (Å²) in [4.78, 5) is 25.2. The lowest BCUT2D eigenvalue weighted by Gasteiger charge is -2.15. The second-order valence-corrected chi connectivity index (χ2v) is 5.26. The second-order valence-electron chi connectivity index (χ2n) is 5.26. The van der Waals surface area contributed by atoms with Crippen LogP contribution in [0, 0.1) is 5.82 Å². The molecule has 0 spiro atoms. The van der Waals surface area contributed by atoms with Gasteiger partial charge in [-0.1, -0.05) is 0 Å². The molecule has 0 fully saturated rings. The van der Waals surface area contributed by atoms with E-state index < -0.39 is 17.5 Å². The van der Waals surface area contributed by atoms with Gasteiger partial charge < -0.3 is 0 Å². The van der Waals surface area contributed by atoms with Crippen LogP contribution in [0.4, 0.5) is 10.1 Å². The lowest BCUT2D eigenvalue weighted by Crippen LogP contribution is -2.29. The Morgan fingerprint density at radius 1 is 1.24 bits per heavy atom. The van der Waals surface area contributed by atoms with Gasteiger partial charge in [-0.05, 0) is 38.1 Å². The smallest absolute Gasteiger partial charge is 0.299 e. The molecule has 0 bridgehead atoms. The maximum absolute atomic E-state index is 13.4. The molecule has 1 aliphatic heterocycles. The number of benzene rings is 1. The molecule has 1 aliphatic rings. The van der Waals surface area contributed by atoms with Crippen molar-refractivity contribution in [2.45, 2.75) is 26.4 Å². The summed E-state index contributed by atoms with van der Waals surface area (Å²) in [5.41, 5.74) is 1.20. The van der Waals surface area contributed by atoms with E-state index in [4.69, 9.17) is 0 Å². The molecule has 0 atom stereocenters. The minimum Gasteiger partial charge on any atom is -0.299 e. The zero-order valence-corrected chi connectivity index (χ0v) is 11.7. The first-order valence-electron chi connectivity index (χ1n) is 6.67. The third-order valence-electron chi connectivity index (χ3n) is 3.45. The highest BCUT2D eigenvalue weighted by Gasteiger charge is 2.36. The molecule has 1 aromatic carbocycles. The van der Waals surface area contributed by atoms with Crippen LogP contribution in [-0.2, 0) is 11.3 Å². The molecule has 0 radical (unpaired) electrons. The number of hydrogen-bond acceptors (Lipinski definition) is 3. The van der Waals surface area contributed by atoms with Crippen molar-refractivity contribution in [1.29, 1.82) is 0 Å². The van der Waals surface area contributed by atoms with Crippen molar-refractivity contribution in [1.82, 2.24) is 9.78 Å². The third kappa shape index (κ3) is 2.22. The lowest BCUT2D eigenvalue weighted by molar-refractivity contribution is -0.114. The van der Waals surface area contributed by atoms with E-state index in [-0.39, 0.29) is 18.2 Å². The molecule has 0 N–H and O–H groups in total. The number of carbonyl (C=O) groups excluding carboxylic acids is 2. The lowest BCUT2D eigenvalue weighted by atomic mass is 10.1. The third-order valence-corrected chi connectivity index (χ3v) is 3.45. The van der Waals surface area contributed by atoms with Crippen LogP contribution in [0.5, 0.6) is 0 Å². The van der Waals surface area contributed by atoms with Gasteiger partial charge in [0.1, 0.15) is 5.82 Å². The molecule has 1 aromatic heterocycles. The Balaban J connectivity index is 1.94. The van der Waals surface area contributed by atoms with Gasteiger partial charge in [0.15, 0.2) is 0 Å². The summed E-state index contributed by atoms with van der Waals surface area (Å²) >= 11 is 0. The zero-order chi connectivity index (χ0) is 15.1. The number of Topliss-reactive ketones (excluding diaryl/α,β-unsaturated/α-hetero) is 1. The molecule has 0 saturated heterocycles. The number of halogens is 1. The van der Waals surface area contributed by atoms with Gasteiger partial charge in [0.25, 0.3) is 11.7 Å². The summed E-state index contributed by atoms with van der Waals surface area (Å²) in [5.74, 6) is -1.73. The molecule has 0 unspecified atom stereocenters. The minimum atomic E-state index is -0.644. The number of nitrogens with zero attached hydrogens (tertiary/aromatic N) is 3. The van der Waals surface area contributed by atoms with E-state index in [9.17, 15) is 14.0 Å². The van der Waals surface area contributed by atoms with Gasteiger partial charge in [-0.15, -0.1) is 0 Å². The molecule has 2 aromatic rings. The Bertz CT molecular complexity index is 736. The van der Waals surface area contributed by atoms with Crippen LogP contribution < -0.4 is 4.90 Å². The first-order valence-corrected chi connectivity index (χ1v) is 6.67. The van der Waals surface area contributed by atoms with Crippen molar-refractivity contribution < 1.29 is 14.0 Å². The van der Waals surface area contributed by atoms with Crippen molar-refractivity contribution in [3.05, 3.63) is 47.5 Å². The largest absolute Gasteiger partial charge is 0.299 e. The summed E-state index contributed by atoms with van der Waals surface area (Å²) in [6.07, 6.45) is 1.81. The monoisotopic (exact) mass is 287 g/mol. The first kappa shape index (κ1) is 13.5. The molecule has 5 nitrogen and oxygen atoms in total. The van der Waals surface area contributed by atoms with E-state index in [1.807, 2.05) is 20.0 Å². The predicted molar refractivity (Wildman–Crippen MR) is 74.5 cm³/mol. The van der Waals surface area contributed by atoms with Crippen molar-refractivity contribution in [2.75, 3.05) is 4.90 Å². The summed E-state index contributed by atoms with van der Waals surface area (Å²) in [6, 6.07) is 5.73. The Labute approximate surface area is 121 Å². The van der Waals surface area contributed by atoms with Gasteiger partial charge >= 0.3 is 0 Å². The Morgan fingerprint density at radius 2 is 2.00 bits per heavy atom. The van der Waals surface area contributed by atoms with Crippen molar-refractivity contribution in [3.8, 4) is 0 Å². The fourth-order valence-electron chi connectivity index (χ4n) is 2.34. The first-order chi connectivity index (χ1) is 9.97. The number of rotatable bonds is 3. The average molecular weight is 287 g/mol. The number of hydrogen-bond donors (Lipinski definition) is 0. The molecular weight excluding hydrogens is 273 g/mol. The van der Waals surface area contributed by atoms with Crippen LogP contribution in [0.15, 0.2) is 30.5 Å². The topological polar surface area (TPSA) is 55.2 Å². The molecular formula is C15H14FN3O2. The number of fused-ring (bicyclic) bond motifs is 1. The molecule has 6 heteroatoms. The normalized spacial score (nSPS) is 14.2. The predicted octanol–water partition coefficient (Wildman–Crippen LogP) is 2.33. The Morgan fingerprint density at radius 3 is 2.67 bits per heavy atom. The molecule has 0 saturated carbocycles. The van der Waals surface area contributed by atoms with Crippen LogP contribution in [0.2, 0.25) is 0 Å². The van der Waals surface area contributed by atoms with Crippen molar-refractivity contribution in [3.63, 3.8) is 0 Å². The molecule has 108 valence electrons. The summed E-state index contributed by atoms with van der Waals surface area (Å²) in [6.45, 7) is 4.14. The van der Waals surface area contributed by atoms with Crippen LogP contribution in [0.25, 0.3) is 0 Å². The highest BCUT2D eigenvalue weighted by atomic mass is 19.1. The SMILES string of the molecule is CC(C)n1ccc(CN2C(=O)C(=O)c3ccc(F)cc32)n1. The maximum Gasteiger partial charge on any atom is 0.299 e. The fraction of sp³-hybridized carbons (Fsp3) is 0.267. The van der Waals surface area contributed by atoms with Crippen molar-refractivity contribution >= 4 is 17.4 Å². The van der Waals surface area contributed by atoms with Gasteiger partial charge in [0.2, 0.25) is 0 Å². The molecule has 1 amide bonds. The van der Waals surface area contributed by atoms with Crippen LogP contribution in [0.3, 0.4) is 0 Å². The van der Waals surface area contributed by atoms with E-state index in [0.29, 0.717) is 11.4 Å². The molecule has 3 rings (SSSR count). The van der Waals surface area contributed by atoms with Gasteiger partial charge in [-0.3, -0.25) is 19.2 Å². The second kappa shape index (κ2) is 4.80. The van der Waals surface area contributed by atoms with Gasteiger partial charge in [-0.2, -0.15) is 5.10 Å². The maximum atomic E-state index is 13.4. The van der Waals surface area contributed by atoms with Gasteiger partial charge in [0.05, 0.1) is 23.5 Å². The van der Waals surface area contributed by atoms with E-state index in [1.54, 1.807) is 10.7 Å². The van der Waals surface area contributed by atoms with Gasteiger partial charge in [0, 0.05) is 12.2 Å². The average Bonchev–Trinajstić information content (AvgIpc) is 2.99. The molecule has 0 aliphatic carbocycles. The number of carbonyl (C=O) groups is 2. The summed E-state index contributed by atoms with van der Waals surface area (Å²) in [7, 11) is 0. The van der Waals surface area contributed by atoms with Gasteiger partial charge in [-0.25, -0.2) is 4.39 Å². The van der Waals surface area contributed by atoms with Crippen molar-refractivity contribution in [2.24, 2.45) is 0 Å². The number of aromatic nitrogens is 2. The van der Waals surface area contributed by atoms with E-state index in [2.05, 4.69) is 5.10 Å². The zero-order valence-electron chi connectivity index (χ0n) is 11.7. The Kier molecular flexibility index (Phi) is 3.08. The van der Waals surface area contributed by atoms with E-state index in [0.717, 1.165) is 0 Å². The highest BCUT2D eigenvalue weighted by molar-refractivity contribution is 6.52. The summed E-state index contributed by atoms with van der Waals surface area (Å²) < 4.78 is 15.1.